The zero-order valence-corrected chi connectivity index (χ0v) is 12.1. The lowest BCUT2D eigenvalue weighted by molar-refractivity contribution is 0.602. The minimum absolute atomic E-state index is 0.00550. The van der Waals surface area contributed by atoms with Crippen molar-refractivity contribution in [3.63, 3.8) is 0 Å². The summed E-state index contributed by atoms with van der Waals surface area (Å²) in [6.45, 7) is 3.86. The van der Waals surface area contributed by atoms with Gasteiger partial charge in [0.2, 0.25) is 0 Å². The minimum atomic E-state index is -0.596. The van der Waals surface area contributed by atoms with Crippen LogP contribution in [-0.4, -0.2) is 15.0 Å². The van der Waals surface area contributed by atoms with Gasteiger partial charge >= 0.3 is 0 Å². The highest BCUT2D eigenvalue weighted by molar-refractivity contribution is 5.71. The van der Waals surface area contributed by atoms with E-state index in [1.165, 1.54) is 4.68 Å². The zero-order chi connectivity index (χ0) is 15.9. The Bertz CT molecular complexity index is 786. The molecule has 0 aliphatic carbocycles. The number of rotatable bonds is 2. The van der Waals surface area contributed by atoms with Crippen LogP contribution in [0.15, 0.2) is 36.4 Å². The van der Waals surface area contributed by atoms with E-state index in [9.17, 15) is 8.78 Å². The molecule has 112 valence electrons. The summed E-state index contributed by atoms with van der Waals surface area (Å²) in [6, 6.07) is 8.97. The largest absolute Gasteiger partial charge is 0.382 e. The van der Waals surface area contributed by atoms with E-state index in [0.29, 0.717) is 0 Å². The summed E-state index contributed by atoms with van der Waals surface area (Å²) < 4.78 is 28.7. The molecular formula is C16H14F2N4. The molecule has 0 amide bonds. The molecule has 22 heavy (non-hydrogen) atoms. The van der Waals surface area contributed by atoms with Gasteiger partial charge in [-0.15, -0.1) is 5.10 Å². The van der Waals surface area contributed by atoms with Gasteiger partial charge in [-0.2, -0.15) is 4.68 Å². The number of nitrogens with zero attached hydrogens (tertiary/aromatic N) is 3. The van der Waals surface area contributed by atoms with E-state index in [4.69, 9.17) is 5.73 Å². The first-order valence-electron chi connectivity index (χ1n) is 6.71. The number of anilines is 1. The SMILES string of the molecule is Cc1ccc(C)c(-n2nnc(-c3cc(F)ccc3F)c2N)c1. The summed E-state index contributed by atoms with van der Waals surface area (Å²) in [5.74, 6) is -0.989. The van der Waals surface area contributed by atoms with E-state index >= 15 is 0 Å². The van der Waals surface area contributed by atoms with Crippen molar-refractivity contribution in [2.45, 2.75) is 13.8 Å². The fraction of sp³-hybridized carbons (Fsp3) is 0.125. The number of hydrogen-bond donors (Lipinski definition) is 1. The molecule has 0 atom stereocenters. The molecule has 0 unspecified atom stereocenters. The Labute approximate surface area is 126 Å². The fourth-order valence-corrected chi connectivity index (χ4v) is 2.29. The quantitative estimate of drug-likeness (QED) is 0.789. The van der Waals surface area contributed by atoms with E-state index < -0.39 is 11.6 Å². The summed E-state index contributed by atoms with van der Waals surface area (Å²) >= 11 is 0. The molecule has 2 N–H and O–H groups in total. The van der Waals surface area contributed by atoms with Gasteiger partial charge in [0.1, 0.15) is 17.3 Å². The van der Waals surface area contributed by atoms with Gasteiger partial charge < -0.3 is 5.73 Å². The maximum Gasteiger partial charge on any atom is 0.156 e. The van der Waals surface area contributed by atoms with Crippen molar-refractivity contribution in [3.8, 4) is 16.9 Å². The molecule has 0 radical (unpaired) electrons. The molecule has 4 nitrogen and oxygen atoms in total. The van der Waals surface area contributed by atoms with Crippen molar-refractivity contribution in [3.05, 3.63) is 59.2 Å². The van der Waals surface area contributed by atoms with Gasteiger partial charge in [0.25, 0.3) is 0 Å². The highest BCUT2D eigenvalue weighted by Crippen LogP contribution is 2.29. The standard InChI is InChI=1S/C16H14F2N4/c1-9-3-4-10(2)14(7-9)22-16(19)15(20-21-22)12-8-11(17)5-6-13(12)18/h3-8H,19H2,1-2H3. The zero-order valence-electron chi connectivity index (χ0n) is 12.1. The molecule has 0 aliphatic rings. The number of aryl methyl sites for hydroxylation is 2. The summed E-state index contributed by atoms with van der Waals surface area (Å²) in [5, 5.41) is 7.90. The Hall–Kier alpha value is -2.76. The maximum absolute atomic E-state index is 13.9. The Morgan fingerprint density at radius 2 is 1.82 bits per heavy atom. The monoisotopic (exact) mass is 300 g/mol. The summed E-state index contributed by atoms with van der Waals surface area (Å²) in [7, 11) is 0. The van der Waals surface area contributed by atoms with Crippen molar-refractivity contribution in [1.29, 1.82) is 0 Å². The number of halogens is 2. The van der Waals surface area contributed by atoms with E-state index in [1.807, 2.05) is 32.0 Å². The molecule has 0 spiro atoms. The molecule has 6 heteroatoms. The predicted molar refractivity (Wildman–Crippen MR) is 80.6 cm³/mol. The van der Waals surface area contributed by atoms with E-state index in [-0.39, 0.29) is 17.1 Å². The van der Waals surface area contributed by atoms with Gasteiger partial charge in [0, 0.05) is 5.56 Å². The fourth-order valence-electron chi connectivity index (χ4n) is 2.29. The normalized spacial score (nSPS) is 10.9. The maximum atomic E-state index is 13.9. The first-order chi connectivity index (χ1) is 10.5. The Balaban J connectivity index is 2.17. The molecule has 3 rings (SSSR count). The second-order valence-electron chi connectivity index (χ2n) is 5.15. The number of nitrogen functional groups attached to an aromatic ring is 1. The van der Waals surface area contributed by atoms with Crippen molar-refractivity contribution in [2.75, 3.05) is 5.73 Å². The first kappa shape index (κ1) is 14.2. The van der Waals surface area contributed by atoms with E-state index in [1.54, 1.807) is 0 Å². The third-order valence-corrected chi connectivity index (χ3v) is 3.48. The Morgan fingerprint density at radius 3 is 2.59 bits per heavy atom. The van der Waals surface area contributed by atoms with Crippen LogP contribution in [0.5, 0.6) is 0 Å². The average molecular weight is 300 g/mol. The van der Waals surface area contributed by atoms with Crippen LogP contribution in [-0.2, 0) is 0 Å². The molecule has 0 aliphatic heterocycles. The van der Waals surface area contributed by atoms with Crippen LogP contribution in [0.3, 0.4) is 0 Å². The van der Waals surface area contributed by atoms with Gasteiger partial charge in [-0.05, 0) is 49.2 Å². The Kier molecular flexibility index (Phi) is 3.36. The van der Waals surface area contributed by atoms with Gasteiger partial charge in [0.05, 0.1) is 5.69 Å². The number of nitrogens with two attached hydrogens (primary N) is 1. The smallest absolute Gasteiger partial charge is 0.156 e. The lowest BCUT2D eigenvalue weighted by atomic mass is 10.1. The van der Waals surface area contributed by atoms with Gasteiger partial charge in [-0.3, -0.25) is 0 Å². The van der Waals surface area contributed by atoms with E-state index in [0.717, 1.165) is 35.0 Å². The van der Waals surface area contributed by atoms with Crippen molar-refractivity contribution in [2.24, 2.45) is 0 Å². The highest BCUT2D eigenvalue weighted by atomic mass is 19.1. The van der Waals surface area contributed by atoms with Crippen LogP contribution < -0.4 is 5.73 Å². The van der Waals surface area contributed by atoms with Gasteiger partial charge in [0.15, 0.2) is 5.82 Å². The third kappa shape index (κ3) is 2.32. The number of aromatic nitrogens is 3. The van der Waals surface area contributed by atoms with Crippen LogP contribution in [0, 0.1) is 25.5 Å². The van der Waals surface area contributed by atoms with Crippen LogP contribution in [0.1, 0.15) is 11.1 Å². The molecule has 0 bridgehead atoms. The average Bonchev–Trinajstić information content (AvgIpc) is 2.86. The van der Waals surface area contributed by atoms with Crippen LogP contribution in [0.25, 0.3) is 16.9 Å². The molecule has 3 aromatic rings. The molecular weight excluding hydrogens is 286 g/mol. The number of benzene rings is 2. The van der Waals surface area contributed by atoms with Gasteiger partial charge in [-0.25, -0.2) is 8.78 Å². The van der Waals surface area contributed by atoms with Gasteiger partial charge in [-0.1, -0.05) is 17.3 Å². The molecule has 2 aromatic carbocycles. The first-order valence-corrected chi connectivity index (χ1v) is 6.71. The molecule has 0 saturated carbocycles. The number of hydrogen-bond acceptors (Lipinski definition) is 3. The summed E-state index contributed by atoms with van der Waals surface area (Å²) in [6.07, 6.45) is 0. The highest BCUT2D eigenvalue weighted by Gasteiger charge is 2.18. The van der Waals surface area contributed by atoms with Crippen molar-refractivity contribution >= 4 is 5.82 Å². The van der Waals surface area contributed by atoms with Crippen LogP contribution >= 0.6 is 0 Å². The summed E-state index contributed by atoms with van der Waals surface area (Å²) in [4.78, 5) is 0. The second-order valence-corrected chi connectivity index (χ2v) is 5.15. The lowest BCUT2D eigenvalue weighted by Crippen LogP contribution is -2.04. The Morgan fingerprint density at radius 1 is 1.05 bits per heavy atom. The minimum Gasteiger partial charge on any atom is -0.382 e. The molecule has 1 aromatic heterocycles. The van der Waals surface area contributed by atoms with Crippen molar-refractivity contribution < 1.29 is 8.78 Å². The topological polar surface area (TPSA) is 56.7 Å². The summed E-state index contributed by atoms with van der Waals surface area (Å²) in [5.41, 5.74) is 8.92. The lowest BCUT2D eigenvalue weighted by Gasteiger charge is -2.08. The van der Waals surface area contributed by atoms with Crippen LogP contribution in [0.4, 0.5) is 14.6 Å². The van der Waals surface area contributed by atoms with Crippen molar-refractivity contribution in [1.82, 2.24) is 15.0 Å². The molecule has 0 saturated heterocycles. The molecule has 1 heterocycles. The van der Waals surface area contributed by atoms with Crippen LogP contribution in [0.2, 0.25) is 0 Å². The van der Waals surface area contributed by atoms with E-state index in [2.05, 4.69) is 10.3 Å². The molecule has 0 fully saturated rings. The second kappa shape index (κ2) is 5.22. The third-order valence-electron chi connectivity index (χ3n) is 3.48. The predicted octanol–water partition coefficient (Wildman–Crippen LogP) is 3.41.